The highest BCUT2D eigenvalue weighted by atomic mass is 35.5. The van der Waals surface area contributed by atoms with Crippen LogP contribution in [0.3, 0.4) is 0 Å². The Morgan fingerprint density at radius 3 is 2.56 bits per heavy atom. The van der Waals surface area contributed by atoms with E-state index in [2.05, 4.69) is 16.3 Å². The largest absolute Gasteiger partial charge is 0.456 e. The van der Waals surface area contributed by atoms with Gasteiger partial charge < -0.3 is 8.60 Å². The van der Waals surface area contributed by atoms with E-state index in [-0.39, 0.29) is 10.8 Å². The van der Waals surface area contributed by atoms with Gasteiger partial charge in [-0.15, -0.1) is 10.2 Å². The van der Waals surface area contributed by atoms with Crippen molar-refractivity contribution in [3.63, 3.8) is 0 Å². The first-order valence-electron chi connectivity index (χ1n) is 10.5. The van der Waals surface area contributed by atoms with Gasteiger partial charge in [-0.05, 0) is 48.0 Å². The molecule has 12 heteroatoms. The maximum Gasteiger partial charge on any atom is 0.380 e. The van der Waals surface area contributed by atoms with Crippen LogP contribution in [0.4, 0.5) is 5.69 Å². The summed E-state index contributed by atoms with van der Waals surface area (Å²) in [5.74, 6) is 0.482. The van der Waals surface area contributed by atoms with Gasteiger partial charge in [-0.25, -0.2) is 4.68 Å². The molecule has 0 radical (unpaired) electrons. The van der Waals surface area contributed by atoms with Crippen LogP contribution in [0.2, 0.25) is 5.02 Å². The fourth-order valence-corrected chi connectivity index (χ4v) is 4.43. The van der Waals surface area contributed by atoms with Crippen molar-refractivity contribution in [3.8, 4) is 23.1 Å². The van der Waals surface area contributed by atoms with Gasteiger partial charge in [0.05, 0.1) is 28.9 Å². The number of nitrogens with zero attached hydrogens (tertiary/aromatic N) is 5. The smallest absolute Gasteiger partial charge is 0.380 e. The molecule has 0 saturated carbocycles. The van der Waals surface area contributed by atoms with Crippen LogP contribution >= 0.6 is 11.6 Å². The zero-order valence-electron chi connectivity index (χ0n) is 18.4. The lowest BCUT2D eigenvalue weighted by Gasteiger charge is -2.26. The first kappa shape index (κ1) is 23.4. The minimum absolute atomic E-state index is 0.0769. The van der Waals surface area contributed by atoms with Crippen molar-refractivity contribution in [2.24, 2.45) is 5.14 Å². The molecule has 0 saturated heterocycles. The maximum absolute atomic E-state index is 11.3. The van der Waals surface area contributed by atoms with Crippen LogP contribution in [0.1, 0.15) is 11.1 Å². The summed E-state index contributed by atoms with van der Waals surface area (Å²) >= 11 is 6.23. The summed E-state index contributed by atoms with van der Waals surface area (Å²) in [6.45, 7) is 0.291. The summed E-state index contributed by atoms with van der Waals surface area (Å²) in [7, 11) is -4.21. The van der Waals surface area contributed by atoms with Crippen LogP contribution in [0.25, 0.3) is 22.3 Å². The van der Waals surface area contributed by atoms with E-state index in [0.29, 0.717) is 34.7 Å². The summed E-state index contributed by atoms with van der Waals surface area (Å²) in [5.41, 5.74) is 3.23. The third kappa shape index (κ3) is 4.87. The Morgan fingerprint density at radius 1 is 1.08 bits per heavy atom. The zero-order valence-corrected chi connectivity index (χ0v) is 20.0. The summed E-state index contributed by atoms with van der Waals surface area (Å²) in [5, 5.41) is 25.3. The molecule has 5 aromatic rings. The number of aromatic nitrogens is 3. The molecular formula is C24H17ClN6O4S. The number of hydrogen-bond acceptors (Lipinski definition) is 8. The van der Waals surface area contributed by atoms with Crippen LogP contribution in [-0.4, -0.2) is 23.3 Å². The molecule has 180 valence electrons. The molecule has 2 N–H and O–H groups in total. The van der Waals surface area contributed by atoms with Crippen molar-refractivity contribution >= 4 is 38.6 Å². The number of benzene rings is 3. The van der Waals surface area contributed by atoms with E-state index < -0.39 is 10.3 Å². The van der Waals surface area contributed by atoms with Crippen molar-refractivity contribution in [3.05, 3.63) is 95.5 Å². The molecule has 0 fully saturated rings. The number of furan rings is 1. The molecule has 36 heavy (non-hydrogen) atoms. The molecule has 3 aromatic carbocycles. The predicted molar refractivity (Wildman–Crippen MR) is 133 cm³/mol. The average Bonchev–Trinajstić information content (AvgIpc) is 3.53. The number of rotatable bonds is 7. The van der Waals surface area contributed by atoms with Crippen LogP contribution < -0.4 is 14.3 Å². The molecule has 2 heterocycles. The average molecular weight is 521 g/mol. The molecule has 0 atom stereocenters. The highest BCUT2D eigenvalue weighted by Gasteiger charge is 2.17. The van der Waals surface area contributed by atoms with Gasteiger partial charge in [0.25, 0.3) is 0 Å². The van der Waals surface area contributed by atoms with Crippen molar-refractivity contribution in [2.45, 2.75) is 6.54 Å². The molecule has 0 bridgehead atoms. The van der Waals surface area contributed by atoms with Gasteiger partial charge in [-0.1, -0.05) is 35.9 Å². The first-order valence-corrected chi connectivity index (χ1v) is 12.3. The molecule has 0 spiro atoms. The minimum Gasteiger partial charge on any atom is -0.456 e. The fraction of sp³-hybridized carbons (Fsp3) is 0.0417. The van der Waals surface area contributed by atoms with Gasteiger partial charge >= 0.3 is 10.3 Å². The van der Waals surface area contributed by atoms with E-state index in [0.717, 1.165) is 10.9 Å². The number of nitrogens with two attached hydrogens (primary N) is 1. The predicted octanol–water partition coefficient (Wildman–Crippen LogP) is 4.27. The Morgan fingerprint density at radius 2 is 1.86 bits per heavy atom. The lowest BCUT2D eigenvalue weighted by atomic mass is 10.0. The normalized spacial score (nSPS) is 11.4. The van der Waals surface area contributed by atoms with Crippen molar-refractivity contribution in [1.29, 1.82) is 5.26 Å². The van der Waals surface area contributed by atoms with Crippen molar-refractivity contribution in [2.75, 3.05) is 5.01 Å². The van der Waals surface area contributed by atoms with Gasteiger partial charge in [-0.3, -0.25) is 5.01 Å². The van der Waals surface area contributed by atoms with E-state index in [1.54, 1.807) is 28.9 Å². The number of hydrogen-bond donors (Lipinski definition) is 1. The SMILES string of the molecule is N#Cc1ccc(N(Cc2ccc(OS(N)(=O)=O)c(Cl)c2)n2cnnc2)cc1-c1cc2ccccc2o1. The van der Waals surface area contributed by atoms with E-state index in [1.807, 2.05) is 41.4 Å². The molecule has 10 nitrogen and oxygen atoms in total. The number of para-hydroxylation sites is 1. The second-order valence-electron chi connectivity index (χ2n) is 7.73. The van der Waals surface area contributed by atoms with Crippen LogP contribution in [0.15, 0.2) is 83.8 Å². The zero-order chi connectivity index (χ0) is 25.3. The standard InChI is InChI=1S/C24H17ClN6O4S/c25-21-9-16(5-8-23(21)35-36(27,32)33)13-31(30-14-28-29-15-30)19-7-6-18(12-26)20(11-19)24-10-17-3-1-2-4-22(17)34-24/h1-11,14-15H,13H2,(H2,27,32,33). The lowest BCUT2D eigenvalue weighted by Crippen LogP contribution is -2.28. The number of anilines is 1. The topological polar surface area (TPSA) is 140 Å². The Kier molecular flexibility index (Phi) is 6.07. The fourth-order valence-electron chi connectivity index (χ4n) is 3.74. The van der Waals surface area contributed by atoms with Gasteiger partial charge in [0.15, 0.2) is 5.75 Å². The second kappa shape index (κ2) is 9.35. The Labute approximate surface area is 210 Å². The van der Waals surface area contributed by atoms with Gasteiger partial charge in [0.2, 0.25) is 0 Å². The lowest BCUT2D eigenvalue weighted by molar-refractivity contribution is 0.487. The van der Waals surface area contributed by atoms with E-state index >= 15 is 0 Å². The summed E-state index contributed by atoms with van der Waals surface area (Å²) in [4.78, 5) is 0. The Bertz CT molecular complexity index is 1680. The van der Waals surface area contributed by atoms with Gasteiger partial charge in [-0.2, -0.15) is 18.8 Å². The van der Waals surface area contributed by atoms with Gasteiger partial charge in [0.1, 0.15) is 24.0 Å². The number of fused-ring (bicyclic) bond motifs is 1. The molecule has 5 rings (SSSR count). The molecule has 0 aliphatic heterocycles. The molecule has 0 aliphatic rings. The molecule has 0 amide bonds. The second-order valence-corrected chi connectivity index (χ2v) is 9.29. The first-order chi connectivity index (χ1) is 17.3. The highest BCUT2D eigenvalue weighted by molar-refractivity contribution is 7.84. The highest BCUT2D eigenvalue weighted by Crippen LogP contribution is 2.34. The maximum atomic E-state index is 11.3. The minimum atomic E-state index is -4.21. The molecule has 2 aromatic heterocycles. The molecular weight excluding hydrogens is 504 g/mol. The number of nitriles is 1. The third-order valence-corrected chi connectivity index (χ3v) is 6.04. The Balaban J connectivity index is 1.55. The van der Waals surface area contributed by atoms with Crippen LogP contribution in [0.5, 0.6) is 5.75 Å². The van der Waals surface area contributed by atoms with Crippen LogP contribution in [0, 0.1) is 11.3 Å². The van der Waals surface area contributed by atoms with Crippen LogP contribution in [-0.2, 0) is 16.8 Å². The molecule has 0 aliphatic carbocycles. The summed E-state index contributed by atoms with van der Waals surface area (Å²) < 4.78 is 34.9. The van der Waals surface area contributed by atoms with E-state index in [4.69, 9.17) is 25.3 Å². The quantitative estimate of drug-likeness (QED) is 0.335. The summed E-state index contributed by atoms with van der Waals surface area (Å²) in [6, 6.07) is 21.7. The molecule has 0 unspecified atom stereocenters. The summed E-state index contributed by atoms with van der Waals surface area (Å²) in [6.07, 6.45) is 3.05. The van der Waals surface area contributed by atoms with Crippen molar-refractivity contribution < 1.29 is 17.0 Å². The van der Waals surface area contributed by atoms with E-state index in [9.17, 15) is 13.7 Å². The monoisotopic (exact) mass is 520 g/mol. The third-order valence-electron chi connectivity index (χ3n) is 5.33. The Hall–Kier alpha value is -4.37. The number of halogens is 1. The van der Waals surface area contributed by atoms with E-state index in [1.165, 1.54) is 18.7 Å². The van der Waals surface area contributed by atoms with Gasteiger partial charge in [0, 0.05) is 10.9 Å². The van der Waals surface area contributed by atoms with Crippen molar-refractivity contribution in [1.82, 2.24) is 14.9 Å².